The van der Waals surface area contributed by atoms with E-state index in [-0.39, 0.29) is 17.4 Å². The predicted octanol–water partition coefficient (Wildman–Crippen LogP) is 3.08. The predicted molar refractivity (Wildman–Crippen MR) is 93.1 cm³/mol. The summed E-state index contributed by atoms with van der Waals surface area (Å²) in [5.41, 5.74) is 2.43. The number of rotatable bonds is 3. The van der Waals surface area contributed by atoms with Crippen LogP contribution in [-0.4, -0.2) is 37.3 Å². The van der Waals surface area contributed by atoms with Crippen molar-refractivity contribution in [1.29, 1.82) is 0 Å². The van der Waals surface area contributed by atoms with E-state index in [1.807, 2.05) is 0 Å². The van der Waals surface area contributed by atoms with Gasteiger partial charge in [-0.25, -0.2) is 8.42 Å². The molecule has 1 fully saturated rings. The third-order valence-electron chi connectivity index (χ3n) is 4.69. The maximum atomic E-state index is 12.5. The molecule has 0 unspecified atom stereocenters. The second-order valence-electron chi connectivity index (χ2n) is 7.53. The van der Waals surface area contributed by atoms with Crippen LogP contribution in [0.4, 0.5) is 0 Å². The van der Waals surface area contributed by atoms with E-state index in [1.165, 1.54) is 12.5 Å². The molecular weight excluding hydrogens is 310 g/mol. The molecule has 4 nitrogen and oxygen atoms in total. The van der Waals surface area contributed by atoms with Gasteiger partial charge in [-0.2, -0.15) is 0 Å². The molecule has 0 radical (unpaired) electrons. The fourth-order valence-electron chi connectivity index (χ4n) is 3.00. The first-order valence-corrected chi connectivity index (χ1v) is 10.1. The molecule has 1 aromatic rings. The maximum absolute atomic E-state index is 12.5. The Bertz CT molecular complexity index is 671. The van der Waals surface area contributed by atoms with Crippen molar-refractivity contribution in [3.8, 4) is 0 Å². The van der Waals surface area contributed by atoms with Crippen LogP contribution in [-0.2, 0) is 20.0 Å². The third kappa shape index (κ3) is 3.94. The van der Waals surface area contributed by atoms with Crippen LogP contribution in [0.5, 0.6) is 0 Å². The molecule has 1 saturated heterocycles. The van der Waals surface area contributed by atoms with Crippen LogP contribution >= 0.6 is 0 Å². The minimum atomic E-state index is -3.36. The summed E-state index contributed by atoms with van der Waals surface area (Å²) >= 11 is 0. The summed E-state index contributed by atoms with van der Waals surface area (Å²) < 4.78 is 23.4. The number of hydrogen-bond acceptors (Lipinski definition) is 3. The fraction of sp³-hybridized carbons (Fsp3) is 0.611. The van der Waals surface area contributed by atoms with E-state index >= 15 is 0 Å². The number of carbonyl (C=O) groups is 1. The molecule has 0 bridgehead atoms. The van der Waals surface area contributed by atoms with E-state index in [2.05, 4.69) is 45.0 Å². The number of hydrogen-bond donors (Lipinski definition) is 0. The normalized spacial score (nSPS) is 20.6. The molecule has 2 rings (SSSR count). The Labute approximate surface area is 139 Å². The van der Waals surface area contributed by atoms with Gasteiger partial charge < -0.3 is 4.90 Å². The highest BCUT2D eigenvalue weighted by atomic mass is 32.2. The third-order valence-corrected chi connectivity index (χ3v) is 6.17. The Morgan fingerprint density at radius 1 is 1.22 bits per heavy atom. The number of nitrogens with zero attached hydrogens (tertiary/aromatic N) is 1. The van der Waals surface area contributed by atoms with Crippen molar-refractivity contribution in [2.45, 2.75) is 57.2 Å². The first-order valence-electron chi connectivity index (χ1n) is 8.11. The summed E-state index contributed by atoms with van der Waals surface area (Å²) in [4.78, 5) is 14.3. The molecule has 1 aliphatic heterocycles. The summed E-state index contributed by atoms with van der Waals surface area (Å²) in [5, 5.41) is -0.975. The summed E-state index contributed by atoms with van der Waals surface area (Å²) in [7, 11) is -3.36. The van der Waals surface area contributed by atoms with Crippen LogP contribution in [0, 0.1) is 0 Å². The average molecular weight is 337 g/mol. The zero-order valence-corrected chi connectivity index (χ0v) is 15.5. The van der Waals surface area contributed by atoms with Crippen molar-refractivity contribution < 1.29 is 13.2 Å². The van der Waals surface area contributed by atoms with E-state index in [0.29, 0.717) is 6.54 Å². The zero-order chi connectivity index (χ0) is 17.4. The Morgan fingerprint density at radius 3 is 2.26 bits per heavy atom. The smallest absolute Gasteiger partial charge is 0.241 e. The molecule has 1 amide bonds. The van der Waals surface area contributed by atoms with Gasteiger partial charge in [0.05, 0.1) is 6.04 Å². The first-order chi connectivity index (χ1) is 10.5. The van der Waals surface area contributed by atoms with E-state index in [4.69, 9.17) is 0 Å². The number of likely N-dealkylation sites (tertiary alicyclic amines) is 1. The maximum Gasteiger partial charge on any atom is 0.241 e. The number of carbonyl (C=O) groups excluding carboxylic acids is 1. The first kappa shape index (κ1) is 18.0. The van der Waals surface area contributed by atoms with Crippen LogP contribution in [0.15, 0.2) is 24.3 Å². The molecule has 2 atom stereocenters. The summed E-state index contributed by atoms with van der Waals surface area (Å²) in [6, 6.07) is 8.34. The van der Waals surface area contributed by atoms with Crippen molar-refractivity contribution in [1.82, 2.24) is 4.90 Å². The van der Waals surface area contributed by atoms with Crippen LogP contribution < -0.4 is 0 Å². The lowest BCUT2D eigenvalue weighted by molar-refractivity contribution is -0.131. The van der Waals surface area contributed by atoms with Crippen molar-refractivity contribution in [3.63, 3.8) is 0 Å². The molecule has 1 aromatic carbocycles. The minimum absolute atomic E-state index is 0.0132. The largest absolute Gasteiger partial charge is 0.335 e. The van der Waals surface area contributed by atoms with Gasteiger partial charge in [0.2, 0.25) is 5.91 Å². The Hall–Kier alpha value is -1.36. The second kappa shape index (κ2) is 6.27. The number of benzene rings is 1. The molecule has 0 spiro atoms. The van der Waals surface area contributed by atoms with Crippen LogP contribution in [0.3, 0.4) is 0 Å². The molecule has 1 aliphatic rings. The zero-order valence-electron chi connectivity index (χ0n) is 14.7. The topological polar surface area (TPSA) is 54.5 Å². The monoisotopic (exact) mass is 337 g/mol. The lowest BCUT2D eigenvalue weighted by atomic mass is 9.86. The number of sulfone groups is 1. The van der Waals surface area contributed by atoms with Gasteiger partial charge in [-0.05, 0) is 36.3 Å². The van der Waals surface area contributed by atoms with Crippen molar-refractivity contribution in [2.24, 2.45) is 0 Å². The van der Waals surface area contributed by atoms with Crippen LogP contribution in [0.25, 0.3) is 0 Å². The summed E-state index contributed by atoms with van der Waals surface area (Å²) in [6.07, 6.45) is 2.92. The molecular formula is C18H27NO3S. The summed E-state index contributed by atoms with van der Waals surface area (Å²) in [6.45, 7) is 8.61. The highest BCUT2D eigenvalue weighted by molar-refractivity contribution is 7.92. The Balaban J connectivity index is 2.24. The average Bonchev–Trinajstić information content (AvgIpc) is 2.93. The lowest BCUT2D eigenvalue weighted by Gasteiger charge is -2.28. The van der Waals surface area contributed by atoms with Gasteiger partial charge in [0, 0.05) is 12.8 Å². The van der Waals surface area contributed by atoms with Gasteiger partial charge in [0.15, 0.2) is 9.84 Å². The van der Waals surface area contributed by atoms with Gasteiger partial charge in [-0.1, -0.05) is 45.0 Å². The molecule has 1 heterocycles. The van der Waals surface area contributed by atoms with E-state index in [9.17, 15) is 13.2 Å². The van der Waals surface area contributed by atoms with Gasteiger partial charge in [0.25, 0.3) is 0 Å². The molecule has 0 saturated carbocycles. The molecule has 0 N–H and O–H groups in total. The van der Waals surface area contributed by atoms with Crippen molar-refractivity contribution in [3.05, 3.63) is 35.4 Å². The number of amides is 1. The molecule has 0 aliphatic carbocycles. The minimum Gasteiger partial charge on any atom is -0.335 e. The highest BCUT2D eigenvalue weighted by Crippen LogP contribution is 2.34. The molecule has 128 valence electrons. The fourth-order valence-corrected chi connectivity index (χ4v) is 3.50. The lowest BCUT2D eigenvalue weighted by Crippen LogP contribution is -2.40. The Morgan fingerprint density at radius 2 is 1.78 bits per heavy atom. The van der Waals surface area contributed by atoms with E-state index in [1.54, 1.807) is 4.90 Å². The molecule has 5 heteroatoms. The van der Waals surface area contributed by atoms with Crippen LogP contribution in [0.2, 0.25) is 0 Å². The molecule has 23 heavy (non-hydrogen) atoms. The van der Waals surface area contributed by atoms with Crippen molar-refractivity contribution in [2.75, 3.05) is 12.8 Å². The Kier molecular flexibility index (Phi) is 4.90. The van der Waals surface area contributed by atoms with Gasteiger partial charge in [-0.15, -0.1) is 0 Å². The molecule has 0 aromatic heterocycles. The van der Waals surface area contributed by atoms with E-state index < -0.39 is 15.1 Å². The van der Waals surface area contributed by atoms with E-state index in [0.717, 1.165) is 24.7 Å². The highest BCUT2D eigenvalue weighted by Gasteiger charge is 2.35. The second-order valence-corrected chi connectivity index (χ2v) is 9.90. The SMILES string of the molecule is C[C@@H](C(=O)N1CCC[C@@H]1c1ccc(C(C)(C)C)cc1)S(C)(=O)=O. The van der Waals surface area contributed by atoms with Crippen LogP contribution in [0.1, 0.15) is 57.7 Å². The quantitative estimate of drug-likeness (QED) is 0.852. The summed E-state index contributed by atoms with van der Waals surface area (Å²) in [5.74, 6) is -0.283. The standard InChI is InChI=1S/C18H27NO3S/c1-13(23(5,21)22)17(20)19-12-6-7-16(19)14-8-10-15(11-9-14)18(2,3)4/h8-11,13,16H,6-7,12H2,1-5H3/t13-,16+/m0/s1. The van der Waals surface area contributed by atoms with Gasteiger partial charge in [0.1, 0.15) is 5.25 Å². The van der Waals surface area contributed by atoms with Gasteiger partial charge in [-0.3, -0.25) is 4.79 Å². The van der Waals surface area contributed by atoms with Gasteiger partial charge >= 0.3 is 0 Å². The van der Waals surface area contributed by atoms with Crippen molar-refractivity contribution >= 4 is 15.7 Å².